The van der Waals surface area contributed by atoms with Gasteiger partial charge in [-0.2, -0.15) is 0 Å². The predicted octanol–water partition coefficient (Wildman–Crippen LogP) is 2.74. The fraction of sp³-hybridized carbons (Fsp3) is 0.375. The Labute approximate surface area is 136 Å². The van der Waals surface area contributed by atoms with Crippen molar-refractivity contribution in [2.45, 2.75) is 26.8 Å². The molecule has 23 heavy (non-hydrogen) atoms. The second-order valence-corrected chi connectivity index (χ2v) is 7.76. The summed E-state index contributed by atoms with van der Waals surface area (Å²) in [7, 11) is -1.36. The summed E-state index contributed by atoms with van der Waals surface area (Å²) in [5.74, 6) is -0.197. The molecule has 0 fully saturated rings. The van der Waals surface area contributed by atoms with Crippen molar-refractivity contribution in [3.05, 3.63) is 35.6 Å². The second kappa shape index (κ2) is 6.20. The van der Waals surface area contributed by atoms with E-state index in [1.165, 1.54) is 4.90 Å². The van der Waals surface area contributed by atoms with Crippen molar-refractivity contribution < 1.29 is 14.5 Å². The summed E-state index contributed by atoms with van der Waals surface area (Å²) in [5.41, 5.74) is 0.755. The van der Waals surface area contributed by atoms with E-state index < -0.39 is 13.3 Å². The standard InChI is InChI=1S/C14H16N3O3P.C2H6/c1-8-12(18)11(14(19)17(8)2)13-15-9-6-4-5-7-10(9)21(3,20)16-13;1-2/h4-8,18H,1-3H3,(H,15,16,20);1-2H3/t8-,21?;/m0./s1. The van der Waals surface area contributed by atoms with Crippen molar-refractivity contribution in [3.8, 4) is 0 Å². The van der Waals surface area contributed by atoms with Crippen LogP contribution in [0.1, 0.15) is 20.8 Å². The Morgan fingerprint density at radius 1 is 1.30 bits per heavy atom. The van der Waals surface area contributed by atoms with Gasteiger partial charge in [0.2, 0.25) is 7.29 Å². The summed E-state index contributed by atoms with van der Waals surface area (Å²) in [4.78, 5) is 13.7. The molecule has 7 heteroatoms. The molecule has 0 saturated carbocycles. The highest BCUT2D eigenvalue weighted by Gasteiger charge is 2.39. The number of aliphatic hydroxyl groups excluding tert-OH is 1. The maximum atomic E-state index is 12.7. The molecule has 0 aliphatic carbocycles. The van der Waals surface area contributed by atoms with Crippen LogP contribution in [0.5, 0.6) is 0 Å². The lowest BCUT2D eigenvalue weighted by molar-refractivity contribution is -0.125. The maximum absolute atomic E-state index is 12.7. The number of hydrogen-bond acceptors (Lipinski definition) is 4. The molecule has 1 amide bonds. The van der Waals surface area contributed by atoms with Crippen molar-refractivity contribution in [1.29, 1.82) is 0 Å². The average Bonchev–Trinajstić information content (AvgIpc) is 2.72. The van der Waals surface area contributed by atoms with Gasteiger partial charge in [0, 0.05) is 13.7 Å². The van der Waals surface area contributed by atoms with Crippen molar-refractivity contribution in [1.82, 2.24) is 4.90 Å². The SMILES string of the molecule is CC.C[C@H]1C(O)=C(C2=NP(C)(=O)c3ccccc3N2)C(=O)N1C. The molecule has 2 heterocycles. The number of anilines is 1. The highest BCUT2D eigenvalue weighted by molar-refractivity contribution is 7.70. The fourth-order valence-electron chi connectivity index (χ4n) is 2.53. The molecule has 0 radical (unpaired) electrons. The molecule has 2 aliphatic heterocycles. The lowest BCUT2D eigenvalue weighted by Gasteiger charge is -2.23. The van der Waals surface area contributed by atoms with Gasteiger partial charge in [-0.05, 0) is 19.1 Å². The van der Waals surface area contributed by atoms with Gasteiger partial charge in [0.25, 0.3) is 5.91 Å². The Morgan fingerprint density at radius 3 is 2.48 bits per heavy atom. The highest BCUT2D eigenvalue weighted by Crippen LogP contribution is 2.47. The maximum Gasteiger partial charge on any atom is 0.261 e. The quantitative estimate of drug-likeness (QED) is 0.773. The van der Waals surface area contributed by atoms with Gasteiger partial charge < -0.3 is 15.3 Å². The number of benzene rings is 1. The van der Waals surface area contributed by atoms with E-state index in [0.717, 1.165) is 0 Å². The number of likely N-dealkylation sites (N-methyl/N-ethyl adjacent to an activating group) is 1. The summed E-state index contributed by atoms with van der Waals surface area (Å²) >= 11 is 0. The van der Waals surface area contributed by atoms with Crippen LogP contribution in [0.15, 0.2) is 40.4 Å². The molecule has 0 bridgehead atoms. The zero-order chi connectivity index (χ0) is 17.4. The van der Waals surface area contributed by atoms with Crippen LogP contribution in [-0.4, -0.2) is 41.5 Å². The summed E-state index contributed by atoms with van der Waals surface area (Å²) in [6, 6.07) is 6.73. The smallest absolute Gasteiger partial charge is 0.261 e. The van der Waals surface area contributed by atoms with E-state index in [4.69, 9.17) is 0 Å². The van der Waals surface area contributed by atoms with E-state index in [0.29, 0.717) is 11.0 Å². The first-order chi connectivity index (χ1) is 10.8. The van der Waals surface area contributed by atoms with Crippen molar-refractivity contribution in [2.24, 2.45) is 4.76 Å². The van der Waals surface area contributed by atoms with E-state index in [-0.39, 0.29) is 23.1 Å². The van der Waals surface area contributed by atoms with Gasteiger partial charge in [-0.25, -0.2) is 4.76 Å². The van der Waals surface area contributed by atoms with E-state index in [1.54, 1.807) is 38.8 Å². The Bertz CT molecular complexity index is 755. The number of aliphatic hydroxyl groups is 1. The first-order valence-electron chi connectivity index (χ1n) is 7.58. The number of hydrogen-bond donors (Lipinski definition) is 2. The van der Waals surface area contributed by atoms with Crippen LogP contribution in [0.2, 0.25) is 0 Å². The first kappa shape index (κ1) is 17.3. The van der Waals surface area contributed by atoms with Crippen LogP contribution in [0.4, 0.5) is 5.69 Å². The molecule has 6 nitrogen and oxygen atoms in total. The molecule has 2 atom stereocenters. The normalized spacial score (nSPS) is 26.1. The van der Waals surface area contributed by atoms with Gasteiger partial charge >= 0.3 is 0 Å². The third-order valence-corrected chi connectivity index (χ3v) is 5.76. The second-order valence-electron chi connectivity index (χ2n) is 5.32. The number of amides is 1. The van der Waals surface area contributed by atoms with Crippen LogP contribution in [0.3, 0.4) is 0 Å². The molecule has 0 aromatic heterocycles. The lowest BCUT2D eigenvalue weighted by Crippen LogP contribution is -2.32. The topological polar surface area (TPSA) is 82.0 Å². The number of para-hydroxylation sites is 1. The number of nitrogens with one attached hydrogen (secondary N) is 1. The Kier molecular flexibility index (Phi) is 4.66. The molecule has 0 saturated heterocycles. The van der Waals surface area contributed by atoms with E-state index in [2.05, 4.69) is 10.1 Å². The molecular formula is C16H22N3O3P. The molecule has 3 rings (SSSR count). The summed E-state index contributed by atoms with van der Waals surface area (Å²) in [5, 5.41) is 13.8. The minimum Gasteiger partial charge on any atom is -0.509 e. The molecule has 1 aromatic rings. The molecular weight excluding hydrogens is 313 g/mol. The first-order valence-corrected chi connectivity index (χ1v) is 9.68. The summed E-state index contributed by atoms with van der Waals surface area (Å²) in [6.45, 7) is 7.28. The van der Waals surface area contributed by atoms with Crippen molar-refractivity contribution in [3.63, 3.8) is 0 Å². The molecule has 2 aliphatic rings. The molecule has 1 aromatic carbocycles. The highest BCUT2D eigenvalue weighted by atomic mass is 31.2. The molecule has 0 spiro atoms. The number of fused-ring (bicyclic) bond motifs is 1. The molecule has 2 N–H and O–H groups in total. The fourth-order valence-corrected chi connectivity index (χ4v) is 4.11. The Morgan fingerprint density at radius 2 is 1.91 bits per heavy atom. The van der Waals surface area contributed by atoms with Gasteiger partial charge in [0.05, 0.1) is 17.0 Å². The zero-order valence-corrected chi connectivity index (χ0v) is 14.9. The number of carbonyl (C=O) groups is 1. The monoisotopic (exact) mass is 335 g/mol. The van der Waals surface area contributed by atoms with Gasteiger partial charge in [0.1, 0.15) is 17.2 Å². The zero-order valence-electron chi connectivity index (χ0n) is 14.0. The minimum absolute atomic E-state index is 0.0480. The van der Waals surface area contributed by atoms with E-state index >= 15 is 0 Å². The van der Waals surface area contributed by atoms with Crippen LogP contribution in [-0.2, 0) is 9.36 Å². The Hall–Kier alpha value is -2.07. The van der Waals surface area contributed by atoms with Crippen LogP contribution >= 0.6 is 7.29 Å². The Balaban J connectivity index is 0.000000924. The van der Waals surface area contributed by atoms with Crippen molar-refractivity contribution >= 4 is 30.0 Å². The molecule has 1 unspecified atom stereocenters. The third kappa shape index (κ3) is 2.79. The number of rotatable bonds is 1. The lowest BCUT2D eigenvalue weighted by atomic mass is 10.2. The number of amidine groups is 1. The van der Waals surface area contributed by atoms with Gasteiger partial charge in [-0.1, -0.05) is 26.0 Å². The van der Waals surface area contributed by atoms with Crippen molar-refractivity contribution in [2.75, 3.05) is 19.0 Å². The van der Waals surface area contributed by atoms with Crippen LogP contribution < -0.4 is 10.6 Å². The number of carbonyl (C=O) groups excluding carboxylic acids is 1. The summed E-state index contributed by atoms with van der Waals surface area (Å²) < 4.78 is 16.9. The van der Waals surface area contributed by atoms with Gasteiger partial charge in [-0.15, -0.1) is 0 Å². The van der Waals surface area contributed by atoms with E-state index in [1.807, 2.05) is 19.9 Å². The predicted molar refractivity (Wildman–Crippen MR) is 93.9 cm³/mol. The third-order valence-electron chi connectivity index (χ3n) is 3.90. The van der Waals surface area contributed by atoms with Crippen LogP contribution in [0.25, 0.3) is 0 Å². The van der Waals surface area contributed by atoms with Gasteiger partial charge in [0.15, 0.2) is 0 Å². The average molecular weight is 335 g/mol. The van der Waals surface area contributed by atoms with Crippen LogP contribution in [0, 0.1) is 0 Å². The van der Waals surface area contributed by atoms with E-state index in [9.17, 15) is 14.5 Å². The summed E-state index contributed by atoms with van der Waals surface area (Å²) in [6.07, 6.45) is 0. The number of nitrogens with zero attached hydrogens (tertiary/aromatic N) is 2. The minimum atomic E-state index is -2.97. The molecule has 124 valence electrons. The largest absolute Gasteiger partial charge is 0.509 e. The van der Waals surface area contributed by atoms with Gasteiger partial charge in [-0.3, -0.25) is 9.36 Å².